The first-order chi connectivity index (χ1) is 6.58. The number of nitrogens with two attached hydrogens (primary N) is 1. The molecule has 0 fully saturated rings. The molecule has 0 spiro atoms. The number of rotatable bonds is 4. The van der Waals surface area contributed by atoms with Gasteiger partial charge >= 0.3 is 0 Å². The molecule has 1 aromatic heterocycles. The van der Waals surface area contributed by atoms with E-state index in [4.69, 9.17) is 5.73 Å². The predicted octanol–water partition coefficient (Wildman–Crippen LogP) is 0.797. The Morgan fingerprint density at radius 2 is 2.21 bits per heavy atom. The van der Waals surface area contributed by atoms with Crippen molar-refractivity contribution in [1.82, 2.24) is 4.98 Å². The Morgan fingerprint density at radius 1 is 1.50 bits per heavy atom. The summed E-state index contributed by atoms with van der Waals surface area (Å²) in [5, 5.41) is -0.159. The third kappa shape index (κ3) is 2.41. The summed E-state index contributed by atoms with van der Waals surface area (Å²) in [6, 6.07) is 3.00. The second kappa shape index (κ2) is 4.36. The highest BCUT2D eigenvalue weighted by Gasteiger charge is 2.18. The number of nitrogen functional groups attached to an aromatic ring is 1. The van der Waals surface area contributed by atoms with Crippen LogP contribution in [0.1, 0.15) is 6.42 Å². The number of alkyl halides is 1. The lowest BCUT2D eigenvalue weighted by atomic mass is 10.4. The molecule has 0 aliphatic heterocycles. The number of hydrogen-bond donors (Lipinski definition) is 1. The highest BCUT2D eigenvalue weighted by atomic mass is 32.2. The fourth-order valence-electron chi connectivity index (χ4n) is 1.00. The molecule has 0 radical (unpaired) electrons. The van der Waals surface area contributed by atoms with Gasteiger partial charge in [-0.1, -0.05) is 0 Å². The van der Waals surface area contributed by atoms with E-state index < -0.39 is 16.5 Å². The van der Waals surface area contributed by atoms with Crippen LogP contribution < -0.4 is 5.73 Å². The number of halogens is 1. The molecule has 0 saturated heterocycles. The third-order valence-corrected chi connectivity index (χ3v) is 3.40. The lowest BCUT2D eigenvalue weighted by Gasteiger charge is -2.04. The van der Waals surface area contributed by atoms with Gasteiger partial charge in [0.15, 0.2) is 14.9 Å². The van der Waals surface area contributed by atoms with E-state index in [1.54, 1.807) is 6.07 Å². The van der Waals surface area contributed by atoms with Crippen LogP contribution in [0.25, 0.3) is 0 Å². The van der Waals surface area contributed by atoms with Crippen molar-refractivity contribution in [2.24, 2.45) is 0 Å². The van der Waals surface area contributed by atoms with Gasteiger partial charge < -0.3 is 5.73 Å². The predicted molar refractivity (Wildman–Crippen MR) is 51.3 cm³/mol. The molecule has 1 rings (SSSR count). The highest BCUT2D eigenvalue weighted by Crippen LogP contribution is 2.16. The Kier molecular flexibility index (Phi) is 3.40. The van der Waals surface area contributed by atoms with Gasteiger partial charge in [0.25, 0.3) is 0 Å². The Morgan fingerprint density at radius 3 is 2.79 bits per heavy atom. The molecule has 0 aliphatic rings. The quantitative estimate of drug-likeness (QED) is 0.811. The van der Waals surface area contributed by atoms with Crippen LogP contribution in [0.2, 0.25) is 0 Å². The molecule has 0 amide bonds. The van der Waals surface area contributed by atoms with Crippen LogP contribution in [0.15, 0.2) is 23.4 Å². The van der Waals surface area contributed by atoms with E-state index in [0.29, 0.717) is 0 Å². The average molecular weight is 218 g/mol. The van der Waals surface area contributed by atoms with Gasteiger partial charge in [0.1, 0.15) is 0 Å². The van der Waals surface area contributed by atoms with Crippen LogP contribution in [0.5, 0.6) is 0 Å². The standard InChI is InChI=1S/C8H11FN2O2S/c9-4-2-6-14(12,13)8-7(10)3-1-5-11-8/h1,3,5H,2,4,6,10H2. The average Bonchev–Trinajstić information content (AvgIpc) is 2.15. The number of aromatic nitrogens is 1. The van der Waals surface area contributed by atoms with Crippen LogP contribution in [0.4, 0.5) is 10.1 Å². The molecule has 0 aromatic carbocycles. The summed E-state index contributed by atoms with van der Waals surface area (Å²) in [4.78, 5) is 3.67. The summed E-state index contributed by atoms with van der Waals surface area (Å²) < 4.78 is 34.8. The lowest BCUT2D eigenvalue weighted by molar-refractivity contribution is 0.484. The van der Waals surface area contributed by atoms with Crippen molar-refractivity contribution >= 4 is 15.5 Å². The number of anilines is 1. The van der Waals surface area contributed by atoms with Gasteiger partial charge in [-0.05, 0) is 18.6 Å². The Balaban J connectivity index is 2.99. The topological polar surface area (TPSA) is 73.0 Å². The molecule has 14 heavy (non-hydrogen) atoms. The molecule has 0 atom stereocenters. The van der Waals surface area contributed by atoms with Gasteiger partial charge in [0.2, 0.25) is 0 Å². The summed E-state index contributed by atoms with van der Waals surface area (Å²) in [7, 11) is -3.53. The molecule has 1 aromatic rings. The van der Waals surface area contributed by atoms with Crippen molar-refractivity contribution in [3.8, 4) is 0 Å². The molecule has 78 valence electrons. The summed E-state index contributed by atoms with van der Waals surface area (Å²) in [5.74, 6) is -0.259. The van der Waals surface area contributed by atoms with Crippen molar-refractivity contribution in [2.45, 2.75) is 11.4 Å². The van der Waals surface area contributed by atoms with Gasteiger partial charge in [0.05, 0.1) is 18.1 Å². The van der Waals surface area contributed by atoms with E-state index in [1.807, 2.05) is 0 Å². The fourth-order valence-corrected chi connectivity index (χ4v) is 2.34. The normalized spacial score (nSPS) is 11.5. The molecule has 0 aliphatic carbocycles. The van der Waals surface area contributed by atoms with E-state index in [0.717, 1.165) is 0 Å². The van der Waals surface area contributed by atoms with E-state index >= 15 is 0 Å². The maximum absolute atomic E-state index is 11.8. The number of sulfone groups is 1. The second-order valence-electron chi connectivity index (χ2n) is 2.76. The van der Waals surface area contributed by atoms with Crippen LogP contribution >= 0.6 is 0 Å². The second-order valence-corrected chi connectivity index (χ2v) is 4.78. The summed E-state index contributed by atoms with van der Waals surface area (Å²) in [6.45, 7) is -0.661. The number of hydrogen-bond acceptors (Lipinski definition) is 4. The molecule has 6 heteroatoms. The molecule has 1 heterocycles. The van der Waals surface area contributed by atoms with Crippen molar-refractivity contribution < 1.29 is 12.8 Å². The zero-order chi connectivity index (χ0) is 10.6. The maximum atomic E-state index is 11.8. The van der Waals surface area contributed by atoms with Crippen LogP contribution in [-0.4, -0.2) is 25.8 Å². The van der Waals surface area contributed by atoms with E-state index in [-0.39, 0.29) is 22.9 Å². The van der Waals surface area contributed by atoms with E-state index in [2.05, 4.69) is 4.98 Å². The van der Waals surface area contributed by atoms with Gasteiger partial charge in [0, 0.05) is 6.20 Å². The first-order valence-corrected chi connectivity index (χ1v) is 5.72. The first kappa shape index (κ1) is 10.9. The molecule has 4 nitrogen and oxygen atoms in total. The van der Waals surface area contributed by atoms with E-state index in [9.17, 15) is 12.8 Å². The molecular weight excluding hydrogens is 207 g/mol. The van der Waals surface area contributed by atoms with Crippen LogP contribution in [-0.2, 0) is 9.84 Å². The van der Waals surface area contributed by atoms with Crippen LogP contribution in [0.3, 0.4) is 0 Å². The Hall–Kier alpha value is -1.17. The summed E-state index contributed by atoms with van der Waals surface area (Å²) in [5.41, 5.74) is 5.55. The minimum atomic E-state index is -3.53. The van der Waals surface area contributed by atoms with Crippen molar-refractivity contribution in [1.29, 1.82) is 0 Å². The molecule has 0 bridgehead atoms. The Bertz CT molecular complexity index is 406. The molecular formula is C8H11FN2O2S. The van der Waals surface area contributed by atoms with Gasteiger partial charge in [-0.25, -0.2) is 13.4 Å². The molecule has 0 unspecified atom stereocenters. The van der Waals surface area contributed by atoms with Gasteiger partial charge in [-0.2, -0.15) is 0 Å². The van der Waals surface area contributed by atoms with E-state index in [1.165, 1.54) is 12.3 Å². The van der Waals surface area contributed by atoms with Crippen molar-refractivity contribution in [2.75, 3.05) is 18.2 Å². The third-order valence-electron chi connectivity index (χ3n) is 1.64. The minimum Gasteiger partial charge on any atom is -0.396 e. The SMILES string of the molecule is Nc1cccnc1S(=O)(=O)CCCF. The fraction of sp³-hybridized carbons (Fsp3) is 0.375. The number of pyridine rings is 1. The van der Waals surface area contributed by atoms with Crippen LogP contribution in [0, 0.1) is 0 Å². The maximum Gasteiger partial charge on any atom is 0.197 e. The molecule has 2 N–H and O–H groups in total. The Labute approximate surface area is 81.9 Å². The largest absolute Gasteiger partial charge is 0.396 e. The summed E-state index contributed by atoms with van der Waals surface area (Å²) in [6.07, 6.45) is 1.32. The summed E-state index contributed by atoms with van der Waals surface area (Å²) >= 11 is 0. The zero-order valence-electron chi connectivity index (χ0n) is 7.48. The van der Waals surface area contributed by atoms with Crippen molar-refractivity contribution in [3.63, 3.8) is 0 Å². The highest BCUT2D eigenvalue weighted by molar-refractivity contribution is 7.91. The monoisotopic (exact) mass is 218 g/mol. The van der Waals surface area contributed by atoms with Crippen molar-refractivity contribution in [3.05, 3.63) is 18.3 Å². The van der Waals surface area contributed by atoms with Gasteiger partial charge in [-0.15, -0.1) is 0 Å². The first-order valence-electron chi connectivity index (χ1n) is 4.07. The molecule has 0 saturated carbocycles. The minimum absolute atomic E-state index is 0.0294. The van der Waals surface area contributed by atoms with Gasteiger partial charge in [-0.3, -0.25) is 4.39 Å². The zero-order valence-corrected chi connectivity index (χ0v) is 8.30. The number of nitrogens with zero attached hydrogens (tertiary/aromatic N) is 1. The smallest absolute Gasteiger partial charge is 0.197 e. The lowest BCUT2D eigenvalue weighted by Crippen LogP contribution is -2.11.